The average Bonchev–Trinajstić information content (AvgIpc) is 2.79. The maximum Gasteiger partial charge on any atom is 0.209 e. The summed E-state index contributed by atoms with van der Waals surface area (Å²) in [6.07, 6.45) is 0.311. The highest BCUT2D eigenvalue weighted by Gasteiger charge is 2.71. The molecule has 4 rings (SSSR count). The maximum atomic E-state index is 14.4. The Morgan fingerprint density at radius 3 is 2.15 bits per heavy atom. The van der Waals surface area contributed by atoms with Crippen LogP contribution in [0.1, 0.15) is 109 Å². The number of aliphatic hydroxyl groups excluding tert-OH is 2. The Kier molecular flexibility index (Phi) is 6.95. The number of benzene rings is 1. The van der Waals surface area contributed by atoms with E-state index in [-0.39, 0.29) is 47.0 Å². The van der Waals surface area contributed by atoms with Crippen LogP contribution < -0.4 is 0 Å². The molecule has 41 heavy (non-hydrogen) atoms. The van der Waals surface area contributed by atoms with Gasteiger partial charge in [0.2, 0.25) is 5.78 Å². The highest BCUT2D eigenvalue weighted by molar-refractivity contribution is 6.25. The number of hydrogen-bond donors (Lipinski definition) is 4. The van der Waals surface area contributed by atoms with Gasteiger partial charge in [0.05, 0.1) is 11.1 Å². The van der Waals surface area contributed by atoms with E-state index in [4.69, 9.17) is 0 Å². The molecule has 4 N–H and O–H groups in total. The number of aromatic hydroxyl groups is 1. The number of allylic oxidation sites excluding steroid dienone is 2. The van der Waals surface area contributed by atoms with Gasteiger partial charge in [-0.05, 0) is 69.6 Å². The van der Waals surface area contributed by atoms with Crippen molar-refractivity contribution in [2.75, 3.05) is 0 Å². The van der Waals surface area contributed by atoms with Gasteiger partial charge in [-0.15, -0.1) is 0 Å². The Hall–Kier alpha value is -3.37. The van der Waals surface area contributed by atoms with Crippen LogP contribution >= 0.6 is 0 Å². The predicted octanol–water partition coefficient (Wildman–Crippen LogP) is 5.87. The van der Waals surface area contributed by atoms with E-state index in [1.165, 1.54) is 0 Å². The Bertz CT molecular complexity index is 1520. The molecule has 0 heterocycles. The van der Waals surface area contributed by atoms with Crippen molar-refractivity contribution in [2.24, 2.45) is 28.1 Å². The van der Waals surface area contributed by atoms with E-state index in [0.29, 0.717) is 11.1 Å². The van der Waals surface area contributed by atoms with Crippen molar-refractivity contribution in [1.29, 1.82) is 0 Å². The number of carbonyl (C=O) groups excluding carboxylic acids is 3. The molecule has 1 aromatic rings. The lowest BCUT2D eigenvalue weighted by Crippen LogP contribution is -2.67. The van der Waals surface area contributed by atoms with Gasteiger partial charge in [0.25, 0.3) is 0 Å². The largest absolute Gasteiger partial charge is 0.511 e. The zero-order chi connectivity index (χ0) is 31.2. The van der Waals surface area contributed by atoms with Gasteiger partial charge < -0.3 is 20.4 Å². The summed E-state index contributed by atoms with van der Waals surface area (Å²) in [5.41, 5.74) is -4.41. The third kappa shape index (κ3) is 4.17. The van der Waals surface area contributed by atoms with Gasteiger partial charge in [-0.3, -0.25) is 14.4 Å². The van der Waals surface area contributed by atoms with Crippen molar-refractivity contribution in [3.05, 3.63) is 51.0 Å². The fourth-order valence-electron chi connectivity index (χ4n) is 7.69. The van der Waals surface area contributed by atoms with E-state index >= 15 is 0 Å². The molecule has 4 atom stereocenters. The van der Waals surface area contributed by atoms with Crippen molar-refractivity contribution in [1.82, 2.24) is 0 Å². The zero-order valence-electron chi connectivity index (χ0n) is 25.7. The average molecular weight is 563 g/mol. The molecule has 1 aromatic carbocycles. The predicted molar refractivity (Wildman–Crippen MR) is 156 cm³/mol. The summed E-state index contributed by atoms with van der Waals surface area (Å²) in [6.45, 7) is 18.0. The lowest BCUT2D eigenvalue weighted by atomic mass is 9.44. The van der Waals surface area contributed by atoms with Crippen LogP contribution in [0.3, 0.4) is 0 Å². The number of Topliss-reactive ketones (excluding diaryl/α,β-unsaturated/α-hetero) is 3. The molecule has 0 radical (unpaired) electrons. The quantitative estimate of drug-likeness (QED) is 0.268. The number of carbonyl (C=O) groups is 3. The monoisotopic (exact) mass is 562 g/mol. The zero-order valence-corrected chi connectivity index (χ0v) is 25.7. The van der Waals surface area contributed by atoms with Gasteiger partial charge in [-0.2, -0.15) is 0 Å². The van der Waals surface area contributed by atoms with E-state index in [9.17, 15) is 34.8 Å². The number of ketones is 3. The molecule has 0 bridgehead atoms. The molecule has 7 heteroatoms. The topological polar surface area (TPSA) is 132 Å². The molecule has 7 nitrogen and oxygen atoms in total. The van der Waals surface area contributed by atoms with Crippen LogP contribution in [0.25, 0.3) is 0 Å². The highest BCUT2D eigenvalue weighted by Crippen LogP contribution is 2.65. The number of rotatable bonds is 3. The first kappa shape index (κ1) is 30.6. The Morgan fingerprint density at radius 1 is 1.07 bits per heavy atom. The van der Waals surface area contributed by atoms with Crippen molar-refractivity contribution in [3.63, 3.8) is 0 Å². The van der Waals surface area contributed by atoms with Crippen LogP contribution in [0.5, 0.6) is 5.75 Å². The van der Waals surface area contributed by atoms with Crippen molar-refractivity contribution in [3.8, 4) is 17.6 Å². The summed E-state index contributed by atoms with van der Waals surface area (Å²) < 4.78 is 0. The van der Waals surface area contributed by atoms with E-state index in [2.05, 4.69) is 11.8 Å². The van der Waals surface area contributed by atoms with E-state index in [0.717, 1.165) is 12.5 Å². The molecule has 0 aliphatic heterocycles. The van der Waals surface area contributed by atoms with Gasteiger partial charge >= 0.3 is 0 Å². The second-order valence-electron chi connectivity index (χ2n) is 14.3. The second-order valence-corrected chi connectivity index (χ2v) is 14.3. The molecule has 0 saturated carbocycles. The molecule has 1 unspecified atom stereocenters. The van der Waals surface area contributed by atoms with Crippen LogP contribution in [0, 0.1) is 39.9 Å². The number of phenols is 1. The first-order valence-electron chi connectivity index (χ1n) is 14.3. The molecule has 0 fully saturated rings. The van der Waals surface area contributed by atoms with Crippen LogP contribution in [-0.2, 0) is 16.0 Å². The minimum Gasteiger partial charge on any atom is -0.511 e. The third-order valence-corrected chi connectivity index (χ3v) is 9.24. The van der Waals surface area contributed by atoms with Crippen LogP contribution in [0.15, 0.2) is 28.7 Å². The minimum absolute atomic E-state index is 0.00878. The minimum atomic E-state index is -2.63. The summed E-state index contributed by atoms with van der Waals surface area (Å²) in [7, 11) is 0. The Balaban J connectivity index is 2.09. The van der Waals surface area contributed by atoms with E-state index < -0.39 is 56.8 Å². The smallest absolute Gasteiger partial charge is 0.209 e. The summed E-state index contributed by atoms with van der Waals surface area (Å²) in [5.74, 6) is 0.872. The molecular formula is C34H42O7. The van der Waals surface area contributed by atoms with Crippen LogP contribution in [-0.4, -0.2) is 43.4 Å². The number of phenolic OH excluding ortho intramolecular Hbond substituents is 1. The normalized spacial score (nSPS) is 29.7. The molecular weight excluding hydrogens is 520 g/mol. The SMILES string of the molecule is CC(=O)C1=C(O)C(C(C)C)[C@@]2(C)C[C@@]3(C)Cc4c(C(C)C)cc(C#CC(C)(C)C)c(O)c4C(=O)C3=C(O)[C@@]2(O)C1=O. The Morgan fingerprint density at radius 2 is 1.66 bits per heavy atom. The summed E-state index contributed by atoms with van der Waals surface area (Å²) >= 11 is 0. The van der Waals surface area contributed by atoms with Gasteiger partial charge in [-0.25, -0.2) is 0 Å². The van der Waals surface area contributed by atoms with Gasteiger partial charge in [0, 0.05) is 27.7 Å². The number of hydrogen-bond acceptors (Lipinski definition) is 7. The van der Waals surface area contributed by atoms with Crippen molar-refractivity contribution < 1.29 is 34.8 Å². The number of aliphatic hydroxyl groups is 3. The lowest BCUT2D eigenvalue weighted by molar-refractivity contribution is -0.171. The van der Waals surface area contributed by atoms with Gasteiger partial charge in [-0.1, -0.05) is 53.4 Å². The molecule has 0 spiro atoms. The van der Waals surface area contributed by atoms with Gasteiger partial charge in [0.1, 0.15) is 22.8 Å². The summed E-state index contributed by atoms with van der Waals surface area (Å²) in [6, 6.07) is 1.82. The fraction of sp³-hybridized carbons (Fsp3) is 0.559. The first-order valence-corrected chi connectivity index (χ1v) is 14.3. The standard InChI is InChI=1S/C34H42O7/c1-16(2)20-13-19(11-12-31(6,7)8)26(36)23-21(20)14-32(9)15-33(10)24(17(3)4)27(37)22(18(5)35)29(39)34(33,41)30(40)25(32)28(23)38/h13,16-17,24,36-37,40-41H,14-15H2,1-10H3/t24?,32-,33-,34+/m1/s1. The van der Waals surface area contributed by atoms with Gasteiger partial charge in [0.15, 0.2) is 17.2 Å². The van der Waals surface area contributed by atoms with E-state index in [1.54, 1.807) is 6.92 Å². The molecule has 0 amide bonds. The highest BCUT2D eigenvalue weighted by atomic mass is 16.3. The van der Waals surface area contributed by atoms with Crippen molar-refractivity contribution in [2.45, 2.75) is 93.6 Å². The summed E-state index contributed by atoms with van der Waals surface area (Å²) in [4.78, 5) is 40.7. The van der Waals surface area contributed by atoms with Crippen LogP contribution in [0.4, 0.5) is 0 Å². The maximum absolute atomic E-state index is 14.4. The molecule has 0 saturated heterocycles. The third-order valence-electron chi connectivity index (χ3n) is 9.24. The number of fused-ring (bicyclic) bond motifs is 3. The fourth-order valence-corrected chi connectivity index (χ4v) is 7.69. The van der Waals surface area contributed by atoms with Crippen LogP contribution in [0.2, 0.25) is 0 Å². The lowest BCUT2D eigenvalue weighted by Gasteiger charge is -2.59. The molecule has 0 aromatic heterocycles. The summed E-state index contributed by atoms with van der Waals surface area (Å²) in [5, 5.41) is 46.7. The molecule has 220 valence electrons. The first-order chi connectivity index (χ1) is 18.6. The molecule has 3 aliphatic carbocycles. The second kappa shape index (κ2) is 9.32. The Labute approximate surface area is 242 Å². The van der Waals surface area contributed by atoms with E-state index in [1.807, 2.05) is 61.5 Å². The van der Waals surface area contributed by atoms with Crippen molar-refractivity contribution >= 4 is 17.3 Å². The molecule has 3 aliphatic rings.